The van der Waals surface area contributed by atoms with E-state index in [1.807, 2.05) is 30.5 Å². The molecule has 0 N–H and O–H groups in total. The number of nitrogens with zero attached hydrogens (tertiary/aromatic N) is 2. The van der Waals surface area contributed by atoms with Gasteiger partial charge in [-0.1, -0.05) is 0 Å². The van der Waals surface area contributed by atoms with Crippen molar-refractivity contribution < 1.29 is 9.47 Å². The third-order valence-corrected chi connectivity index (χ3v) is 4.45. The fourth-order valence-corrected chi connectivity index (χ4v) is 3.11. The standard InChI is InChI=1S/C16H16N2O3S/c1-10-6-13(20-2)14(21-3)7-11(10)8-18-9-17-15-12(16(18)19)4-5-22-15/h4-7,9H,8H2,1-3H3. The summed E-state index contributed by atoms with van der Waals surface area (Å²) in [4.78, 5) is 17.6. The van der Waals surface area contributed by atoms with Gasteiger partial charge in [-0.2, -0.15) is 0 Å². The van der Waals surface area contributed by atoms with E-state index in [9.17, 15) is 4.79 Å². The van der Waals surface area contributed by atoms with Crippen molar-refractivity contribution in [2.24, 2.45) is 0 Å². The molecule has 114 valence electrons. The molecular weight excluding hydrogens is 300 g/mol. The van der Waals surface area contributed by atoms with E-state index in [0.717, 1.165) is 16.0 Å². The van der Waals surface area contributed by atoms with Crippen molar-refractivity contribution in [2.45, 2.75) is 13.5 Å². The number of hydrogen-bond donors (Lipinski definition) is 0. The normalized spacial score (nSPS) is 10.9. The van der Waals surface area contributed by atoms with Crippen molar-refractivity contribution in [1.82, 2.24) is 9.55 Å². The predicted octanol–water partition coefficient (Wildman–Crippen LogP) is 2.83. The average Bonchev–Trinajstić information content (AvgIpc) is 3.00. The van der Waals surface area contributed by atoms with Crippen molar-refractivity contribution in [2.75, 3.05) is 14.2 Å². The van der Waals surface area contributed by atoms with Crippen LogP contribution in [0.5, 0.6) is 11.5 Å². The third-order valence-electron chi connectivity index (χ3n) is 3.63. The molecule has 5 nitrogen and oxygen atoms in total. The molecule has 0 aliphatic carbocycles. The lowest BCUT2D eigenvalue weighted by Gasteiger charge is -2.13. The van der Waals surface area contributed by atoms with Crippen molar-refractivity contribution in [3.8, 4) is 11.5 Å². The highest BCUT2D eigenvalue weighted by atomic mass is 32.1. The van der Waals surface area contributed by atoms with E-state index in [0.29, 0.717) is 23.4 Å². The zero-order valence-corrected chi connectivity index (χ0v) is 13.4. The molecule has 0 unspecified atom stereocenters. The van der Waals surface area contributed by atoms with Crippen LogP contribution in [0.15, 0.2) is 34.7 Å². The molecule has 0 aliphatic heterocycles. The zero-order valence-electron chi connectivity index (χ0n) is 12.6. The summed E-state index contributed by atoms with van der Waals surface area (Å²) in [5, 5.41) is 2.54. The largest absolute Gasteiger partial charge is 0.493 e. The average molecular weight is 316 g/mol. The number of aromatic nitrogens is 2. The summed E-state index contributed by atoms with van der Waals surface area (Å²) < 4.78 is 12.2. The van der Waals surface area contributed by atoms with E-state index in [1.54, 1.807) is 25.1 Å². The molecule has 6 heteroatoms. The van der Waals surface area contributed by atoms with Gasteiger partial charge in [0, 0.05) is 0 Å². The van der Waals surface area contributed by atoms with Crippen LogP contribution in [0.1, 0.15) is 11.1 Å². The molecule has 2 heterocycles. The zero-order chi connectivity index (χ0) is 15.7. The van der Waals surface area contributed by atoms with E-state index in [-0.39, 0.29) is 5.56 Å². The van der Waals surface area contributed by atoms with Crippen LogP contribution in [0.25, 0.3) is 10.2 Å². The second-order valence-electron chi connectivity index (χ2n) is 4.95. The molecule has 0 aliphatic rings. The Labute approximate surface area is 131 Å². The van der Waals surface area contributed by atoms with Crippen LogP contribution in [-0.4, -0.2) is 23.8 Å². The molecule has 0 spiro atoms. The van der Waals surface area contributed by atoms with Gasteiger partial charge in [0.25, 0.3) is 5.56 Å². The van der Waals surface area contributed by atoms with Crippen LogP contribution in [0.2, 0.25) is 0 Å². The van der Waals surface area contributed by atoms with Gasteiger partial charge in [0.05, 0.1) is 32.5 Å². The molecule has 0 radical (unpaired) electrons. The van der Waals surface area contributed by atoms with Gasteiger partial charge in [0.2, 0.25) is 0 Å². The van der Waals surface area contributed by atoms with Crippen molar-refractivity contribution in [3.05, 3.63) is 51.4 Å². The highest BCUT2D eigenvalue weighted by molar-refractivity contribution is 7.16. The summed E-state index contributed by atoms with van der Waals surface area (Å²) in [6.45, 7) is 2.43. The van der Waals surface area contributed by atoms with Gasteiger partial charge in [0.15, 0.2) is 11.5 Å². The van der Waals surface area contributed by atoms with Crippen LogP contribution < -0.4 is 15.0 Å². The first-order valence-electron chi connectivity index (χ1n) is 6.78. The second kappa shape index (κ2) is 5.81. The summed E-state index contributed by atoms with van der Waals surface area (Å²) in [5.74, 6) is 1.34. The maximum Gasteiger partial charge on any atom is 0.262 e. The van der Waals surface area contributed by atoms with E-state index in [4.69, 9.17) is 9.47 Å². The Morgan fingerprint density at radius 2 is 1.95 bits per heavy atom. The Kier molecular flexibility index (Phi) is 3.85. The monoisotopic (exact) mass is 316 g/mol. The van der Waals surface area contributed by atoms with Gasteiger partial charge < -0.3 is 9.47 Å². The summed E-state index contributed by atoms with van der Waals surface area (Å²) in [5.41, 5.74) is 2.01. The van der Waals surface area contributed by atoms with Crippen molar-refractivity contribution >= 4 is 21.6 Å². The molecule has 2 aromatic heterocycles. The Balaban J connectivity index is 2.04. The number of rotatable bonds is 4. The van der Waals surface area contributed by atoms with Gasteiger partial charge in [0.1, 0.15) is 4.83 Å². The van der Waals surface area contributed by atoms with Gasteiger partial charge >= 0.3 is 0 Å². The molecule has 0 amide bonds. The molecule has 3 rings (SSSR count). The summed E-state index contributed by atoms with van der Waals surface area (Å²) in [6.07, 6.45) is 1.59. The minimum absolute atomic E-state index is 0.0274. The number of fused-ring (bicyclic) bond motifs is 1. The summed E-state index contributed by atoms with van der Waals surface area (Å²) >= 11 is 1.47. The minimum Gasteiger partial charge on any atom is -0.493 e. The number of methoxy groups -OCH3 is 2. The van der Waals surface area contributed by atoms with Crippen molar-refractivity contribution in [3.63, 3.8) is 0 Å². The number of ether oxygens (including phenoxy) is 2. The molecule has 0 atom stereocenters. The highest BCUT2D eigenvalue weighted by Gasteiger charge is 2.11. The molecule has 0 fully saturated rings. The Hall–Kier alpha value is -2.34. The van der Waals surface area contributed by atoms with Crippen LogP contribution in [-0.2, 0) is 6.54 Å². The lowest BCUT2D eigenvalue weighted by atomic mass is 10.1. The smallest absolute Gasteiger partial charge is 0.262 e. The number of benzene rings is 1. The lowest BCUT2D eigenvalue weighted by Crippen LogP contribution is -2.20. The lowest BCUT2D eigenvalue weighted by molar-refractivity contribution is 0.354. The third kappa shape index (κ3) is 2.46. The fourth-order valence-electron chi connectivity index (χ4n) is 2.38. The van der Waals surface area contributed by atoms with Crippen LogP contribution in [0.4, 0.5) is 0 Å². The van der Waals surface area contributed by atoms with E-state index < -0.39 is 0 Å². The molecule has 3 aromatic rings. The molecule has 0 saturated carbocycles. The molecule has 0 bridgehead atoms. The fraction of sp³-hybridized carbons (Fsp3) is 0.250. The molecular formula is C16H16N2O3S. The number of thiophene rings is 1. The number of aryl methyl sites for hydroxylation is 1. The Morgan fingerprint density at radius 3 is 2.68 bits per heavy atom. The molecule has 0 saturated heterocycles. The maximum atomic E-state index is 12.5. The van der Waals surface area contributed by atoms with Gasteiger partial charge in [-0.25, -0.2) is 4.98 Å². The van der Waals surface area contributed by atoms with Crippen molar-refractivity contribution in [1.29, 1.82) is 0 Å². The SMILES string of the molecule is COc1cc(C)c(Cn2cnc3sccc3c2=O)cc1OC. The van der Waals surface area contributed by atoms with E-state index in [2.05, 4.69) is 4.98 Å². The van der Waals surface area contributed by atoms with Gasteiger partial charge in [-0.15, -0.1) is 11.3 Å². The van der Waals surface area contributed by atoms with E-state index >= 15 is 0 Å². The minimum atomic E-state index is -0.0274. The van der Waals surface area contributed by atoms with Crippen LogP contribution in [0, 0.1) is 6.92 Å². The summed E-state index contributed by atoms with van der Waals surface area (Å²) in [6, 6.07) is 5.63. The first kappa shape index (κ1) is 14.6. The summed E-state index contributed by atoms with van der Waals surface area (Å²) in [7, 11) is 3.21. The van der Waals surface area contributed by atoms with Crippen LogP contribution >= 0.6 is 11.3 Å². The topological polar surface area (TPSA) is 53.4 Å². The van der Waals surface area contributed by atoms with E-state index in [1.165, 1.54) is 11.3 Å². The van der Waals surface area contributed by atoms with Gasteiger partial charge in [-0.05, 0) is 41.6 Å². The predicted molar refractivity (Wildman–Crippen MR) is 87.3 cm³/mol. The number of hydrogen-bond acceptors (Lipinski definition) is 5. The second-order valence-corrected chi connectivity index (χ2v) is 5.85. The Bertz CT molecular complexity index is 883. The first-order chi connectivity index (χ1) is 10.6. The first-order valence-corrected chi connectivity index (χ1v) is 7.66. The molecule has 1 aromatic carbocycles. The Morgan fingerprint density at radius 1 is 1.23 bits per heavy atom. The quantitative estimate of drug-likeness (QED) is 0.743. The highest BCUT2D eigenvalue weighted by Crippen LogP contribution is 2.30. The van der Waals surface area contributed by atoms with Crippen LogP contribution in [0.3, 0.4) is 0 Å². The molecule has 22 heavy (non-hydrogen) atoms. The maximum absolute atomic E-state index is 12.5. The van der Waals surface area contributed by atoms with Gasteiger partial charge in [-0.3, -0.25) is 9.36 Å².